The van der Waals surface area contributed by atoms with Gasteiger partial charge in [-0.05, 0) is 93.1 Å². The molecule has 2 aliphatic heterocycles. The van der Waals surface area contributed by atoms with Crippen LogP contribution in [-0.4, -0.2) is 41.0 Å². The van der Waals surface area contributed by atoms with Crippen molar-refractivity contribution in [2.45, 2.75) is 32.9 Å². The van der Waals surface area contributed by atoms with E-state index < -0.39 is 0 Å². The van der Waals surface area contributed by atoms with Crippen LogP contribution < -0.4 is 15.1 Å². The second kappa shape index (κ2) is 10.2. The molecule has 1 N–H and O–H groups in total. The molecule has 2 atom stereocenters. The Kier molecular flexibility index (Phi) is 6.64. The summed E-state index contributed by atoms with van der Waals surface area (Å²) in [5.74, 6) is 0. The predicted octanol–water partition coefficient (Wildman–Crippen LogP) is 5.81. The van der Waals surface area contributed by atoms with Crippen molar-refractivity contribution in [3.05, 3.63) is 107 Å². The summed E-state index contributed by atoms with van der Waals surface area (Å²) in [6.45, 7) is 9.87. The fraction of sp³-hybridized carbons (Fsp3) is 0.290. The number of anilines is 2. The molecular weight excluding hydrogens is 490 g/mol. The number of aromatic nitrogens is 2. The number of hydrogen-bond acceptors (Lipinski definition) is 4. The topological polar surface area (TPSA) is 45.6 Å². The SMILES string of the molecule is Cc1ccc(-n2c(C)cc(C3C(c4ccccn4)NC(=S)N3c3ccc(N4CCOCC4)cc3)c2C)cc1. The van der Waals surface area contributed by atoms with Crippen LogP contribution in [0.2, 0.25) is 0 Å². The Morgan fingerprint density at radius 2 is 1.55 bits per heavy atom. The highest BCUT2D eigenvalue weighted by molar-refractivity contribution is 7.80. The lowest BCUT2D eigenvalue weighted by Crippen LogP contribution is -2.36. The van der Waals surface area contributed by atoms with Crippen molar-refractivity contribution >= 4 is 28.7 Å². The Bertz CT molecular complexity index is 1430. The van der Waals surface area contributed by atoms with Gasteiger partial charge in [-0.15, -0.1) is 0 Å². The van der Waals surface area contributed by atoms with Crippen molar-refractivity contribution in [1.82, 2.24) is 14.9 Å². The summed E-state index contributed by atoms with van der Waals surface area (Å²) in [6, 6.07) is 25.7. The second-order valence-electron chi connectivity index (χ2n) is 10.1. The summed E-state index contributed by atoms with van der Waals surface area (Å²) in [6.07, 6.45) is 1.85. The van der Waals surface area contributed by atoms with Crippen molar-refractivity contribution in [2.75, 3.05) is 36.1 Å². The monoisotopic (exact) mass is 523 g/mol. The third-order valence-corrected chi connectivity index (χ3v) is 8.00. The Morgan fingerprint density at radius 3 is 2.24 bits per heavy atom. The van der Waals surface area contributed by atoms with Gasteiger partial charge in [-0.1, -0.05) is 23.8 Å². The van der Waals surface area contributed by atoms with Crippen molar-refractivity contribution in [3.8, 4) is 5.69 Å². The van der Waals surface area contributed by atoms with Crippen molar-refractivity contribution in [3.63, 3.8) is 0 Å². The van der Waals surface area contributed by atoms with Gasteiger partial charge in [-0.3, -0.25) is 4.98 Å². The lowest BCUT2D eigenvalue weighted by atomic mass is 9.96. The molecule has 7 heteroatoms. The first-order valence-electron chi connectivity index (χ1n) is 13.2. The summed E-state index contributed by atoms with van der Waals surface area (Å²) in [7, 11) is 0. The van der Waals surface area contributed by atoms with Gasteiger partial charge < -0.3 is 24.4 Å². The Balaban J connectivity index is 1.43. The molecule has 0 aliphatic carbocycles. The molecule has 2 fully saturated rings. The van der Waals surface area contributed by atoms with Crippen LogP contribution in [0.25, 0.3) is 5.69 Å². The first-order valence-corrected chi connectivity index (χ1v) is 13.6. The number of benzene rings is 2. The molecule has 2 aliphatic rings. The average Bonchev–Trinajstić information content (AvgIpc) is 3.45. The van der Waals surface area contributed by atoms with Gasteiger partial charge in [0.2, 0.25) is 0 Å². The molecule has 6 rings (SSSR count). The van der Waals surface area contributed by atoms with E-state index in [9.17, 15) is 0 Å². The first kappa shape index (κ1) is 24.6. The number of pyridine rings is 1. The normalized spacial score (nSPS) is 19.6. The van der Waals surface area contributed by atoms with Crippen molar-refractivity contribution in [2.24, 2.45) is 0 Å². The lowest BCUT2D eigenvalue weighted by Gasteiger charge is -2.31. The fourth-order valence-corrected chi connectivity index (χ4v) is 6.12. The molecule has 0 saturated carbocycles. The van der Waals surface area contributed by atoms with E-state index in [1.807, 2.05) is 18.3 Å². The summed E-state index contributed by atoms with van der Waals surface area (Å²) < 4.78 is 7.87. The number of ether oxygens (including phenoxy) is 1. The van der Waals surface area contributed by atoms with E-state index in [4.69, 9.17) is 21.9 Å². The van der Waals surface area contributed by atoms with Gasteiger partial charge in [0, 0.05) is 47.7 Å². The predicted molar refractivity (Wildman–Crippen MR) is 157 cm³/mol. The van der Waals surface area contributed by atoms with Crippen molar-refractivity contribution < 1.29 is 4.74 Å². The first-order chi connectivity index (χ1) is 18.5. The number of hydrogen-bond donors (Lipinski definition) is 1. The molecule has 6 nitrogen and oxygen atoms in total. The number of thiocarbonyl (C=S) groups is 1. The molecular formula is C31H33N5OS. The molecule has 2 unspecified atom stereocenters. The summed E-state index contributed by atoms with van der Waals surface area (Å²) in [5.41, 5.74) is 9.33. The van der Waals surface area contributed by atoms with Crippen LogP contribution in [0, 0.1) is 20.8 Å². The van der Waals surface area contributed by atoms with Gasteiger partial charge in [0.1, 0.15) is 0 Å². The number of morpholine rings is 1. The molecule has 4 heterocycles. The number of nitrogens with one attached hydrogen (secondary N) is 1. The van der Waals surface area contributed by atoms with E-state index in [2.05, 4.69) is 101 Å². The highest BCUT2D eigenvalue weighted by Crippen LogP contribution is 2.44. The van der Waals surface area contributed by atoms with Crippen molar-refractivity contribution in [1.29, 1.82) is 0 Å². The summed E-state index contributed by atoms with van der Waals surface area (Å²) in [4.78, 5) is 9.36. The quantitative estimate of drug-likeness (QED) is 0.333. The van der Waals surface area contributed by atoms with Gasteiger partial charge >= 0.3 is 0 Å². The number of nitrogens with zero attached hydrogens (tertiary/aromatic N) is 4. The molecule has 0 radical (unpaired) electrons. The number of rotatable bonds is 5. The molecule has 0 spiro atoms. The highest BCUT2D eigenvalue weighted by Gasteiger charge is 2.42. The Labute approximate surface area is 229 Å². The Hall–Kier alpha value is -3.68. The van der Waals surface area contributed by atoms with Crippen LogP contribution in [0.15, 0.2) is 79.0 Å². The van der Waals surface area contributed by atoms with Crippen LogP contribution in [0.3, 0.4) is 0 Å². The van der Waals surface area contributed by atoms with Gasteiger partial charge in [0.15, 0.2) is 5.11 Å². The average molecular weight is 524 g/mol. The summed E-state index contributed by atoms with van der Waals surface area (Å²) in [5, 5.41) is 4.32. The standard InChI is InChI=1S/C31H33N5OS/c1-21-7-9-25(10-8-21)35-22(2)20-27(23(35)3)30-29(28-6-4-5-15-32-28)33-31(38)36(30)26-13-11-24(12-14-26)34-16-18-37-19-17-34/h4-15,20,29-30H,16-19H2,1-3H3,(H,33,38). The molecule has 194 valence electrons. The molecule has 2 aromatic heterocycles. The van der Waals surface area contributed by atoms with Gasteiger partial charge in [-0.25, -0.2) is 0 Å². The van der Waals surface area contributed by atoms with E-state index in [1.54, 1.807) is 0 Å². The minimum Gasteiger partial charge on any atom is -0.378 e. The van der Waals surface area contributed by atoms with Gasteiger partial charge in [0.05, 0.1) is 31.0 Å². The zero-order chi connectivity index (χ0) is 26.2. The van der Waals surface area contributed by atoms with Crippen LogP contribution in [-0.2, 0) is 4.74 Å². The van der Waals surface area contributed by atoms with Crippen LogP contribution >= 0.6 is 12.2 Å². The van der Waals surface area contributed by atoms with E-state index in [-0.39, 0.29) is 12.1 Å². The fourth-order valence-electron chi connectivity index (χ4n) is 5.77. The third kappa shape index (κ3) is 4.46. The second-order valence-corrected chi connectivity index (χ2v) is 10.5. The maximum atomic E-state index is 5.98. The zero-order valence-corrected chi connectivity index (χ0v) is 22.9. The summed E-state index contributed by atoms with van der Waals surface area (Å²) >= 11 is 5.98. The van der Waals surface area contributed by atoms with E-state index in [0.29, 0.717) is 5.11 Å². The lowest BCUT2D eigenvalue weighted by molar-refractivity contribution is 0.122. The Morgan fingerprint density at radius 1 is 0.868 bits per heavy atom. The van der Waals surface area contributed by atoms with E-state index >= 15 is 0 Å². The van der Waals surface area contributed by atoms with Gasteiger partial charge in [-0.2, -0.15) is 0 Å². The van der Waals surface area contributed by atoms with E-state index in [0.717, 1.165) is 37.7 Å². The molecule has 2 saturated heterocycles. The molecule has 2 aromatic carbocycles. The number of aryl methyl sites for hydroxylation is 2. The largest absolute Gasteiger partial charge is 0.378 e. The van der Waals surface area contributed by atoms with Gasteiger partial charge in [0.25, 0.3) is 0 Å². The zero-order valence-electron chi connectivity index (χ0n) is 22.1. The molecule has 0 bridgehead atoms. The molecule has 38 heavy (non-hydrogen) atoms. The molecule has 0 amide bonds. The van der Waals surface area contributed by atoms with Crippen LogP contribution in [0.1, 0.15) is 40.3 Å². The third-order valence-electron chi connectivity index (χ3n) is 7.68. The van der Waals surface area contributed by atoms with E-state index in [1.165, 1.54) is 33.9 Å². The van der Waals surface area contributed by atoms with Crippen LogP contribution in [0.4, 0.5) is 11.4 Å². The maximum Gasteiger partial charge on any atom is 0.174 e. The molecule has 4 aromatic rings. The van der Waals surface area contributed by atoms with Crippen LogP contribution in [0.5, 0.6) is 0 Å². The minimum atomic E-state index is -0.0745. The minimum absolute atomic E-state index is 0.0444. The smallest absolute Gasteiger partial charge is 0.174 e. The highest BCUT2D eigenvalue weighted by atomic mass is 32.1. The maximum absolute atomic E-state index is 5.98.